The Bertz CT molecular complexity index is 1190. The highest BCUT2D eigenvalue weighted by atomic mass is 16.2. The van der Waals surface area contributed by atoms with Crippen molar-refractivity contribution >= 4 is 17.1 Å². The van der Waals surface area contributed by atoms with Crippen LogP contribution >= 0.6 is 0 Å². The molecule has 1 atom stereocenters. The van der Waals surface area contributed by atoms with Gasteiger partial charge in [0.1, 0.15) is 6.54 Å². The second-order valence-corrected chi connectivity index (χ2v) is 8.38. The molecule has 164 valence electrons. The van der Waals surface area contributed by atoms with Crippen molar-refractivity contribution in [2.24, 2.45) is 0 Å². The average Bonchev–Trinajstić information content (AvgIpc) is 3.44. The SMILES string of the molecule is CC[C@@H](C)NC(=O)Cn1c(=O)c2c(ncn2C2CCCC2)n(Cc2ccccc2)c1=O. The minimum absolute atomic E-state index is 0.0255. The molecule has 1 fully saturated rings. The minimum atomic E-state index is -0.516. The first-order valence-corrected chi connectivity index (χ1v) is 11.0. The maximum absolute atomic E-state index is 13.4. The van der Waals surface area contributed by atoms with Crippen LogP contribution in [-0.2, 0) is 17.9 Å². The number of hydrogen-bond acceptors (Lipinski definition) is 4. The summed E-state index contributed by atoms with van der Waals surface area (Å²) in [5, 5.41) is 2.84. The van der Waals surface area contributed by atoms with Gasteiger partial charge >= 0.3 is 5.69 Å². The molecule has 1 aliphatic rings. The summed E-state index contributed by atoms with van der Waals surface area (Å²) < 4.78 is 4.47. The third kappa shape index (κ3) is 4.19. The van der Waals surface area contributed by atoms with Gasteiger partial charge in [-0.1, -0.05) is 50.1 Å². The van der Waals surface area contributed by atoms with Crippen molar-refractivity contribution in [1.82, 2.24) is 24.0 Å². The summed E-state index contributed by atoms with van der Waals surface area (Å²) >= 11 is 0. The van der Waals surface area contributed by atoms with E-state index in [1.807, 2.05) is 48.7 Å². The summed E-state index contributed by atoms with van der Waals surface area (Å²) in [6.07, 6.45) is 6.63. The molecular weight excluding hydrogens is 394 g/mol. The van der Waals surface area contributed by atoms with Crippen molar-refractivity contribution in [2.45, 2.75) is 71.1 Å². The fourth-order valence-electron chi connectivity index (χ4n) is 4.28. The Morgan fingerprint density at radius 2 is 1.87 bits per heavy atom. The number of hydrogen-bond donors (Lipinski definition) is 1. The molecule has 1 saturated carbocycles. The van der Waals surface area contributed by atoms with Crippen molar-refractivity contribution in [3.8, 4) is 0 Å². The van der Waals surface area contributed by atoms with Gasteiger partial charge in [0.15, 0.2) is 11.2 Å². The lowest BCUT2D eigenvalue weighted by Crippen LogP contribution is -2.45. The molecule has 3 aromatic rings. The number of nitrogens with one attached hydrogen (secondary N) is 1. The van der Waals surface area contributed by atoms with Crippen LogP contribution in [-0.4, -0.2) is 30.6 Å². The second-order valence-electron chi connectivity index (χ2n) is 8.38. The van der Waals surface area contributed by atoms with Gasteiger partial charge in [-0.05, 0) is 31.7 Å². The maximum Gasteiger partial charge on any atom is 0.333 e. The van der Waals surface area contributed by atoms with Gasteiger partial charge in [0.2, 0.25) is 5.91 Å². The number of amides is 1. The number of benzene rings is 1. The van der Waals surface area contributed by atoms with E-state index >= 15 is 0 Å². The normalized spacial score (nSPS) is 15.4. The molecule has 2 aromatic heterocycles. The first kappa shape index (κ1) is 21.1. The lowest BCUT2D eigenvalue weighted by molar-refractivity contribution is -0.122. The van der Waals surface area contributed by atoms with Crippen LogP contribution in [0.15, 0.2) is 46.2 Å². The predicted octanol–water partition coefficient (Wildman–Crippen LogP) is 2.44. The van der Waals surface area contributed by atoms with Gasteiger partial charge in [-0.25, -0.2) is 14.3 Å². The Hall–Kier alpha value is -3.16. The number of nitrogens with zero attached hydrogens (tertiary/aromatic N) is 4. The van der Waals surface area contributed by atoms with Crippen molar-refractivity contribution in [1.29, 1.82) is 0 Å². The third-order valence-corrected chi connectivity index (χ3v) is 6.16. The van der Waals surface area contributed by atoms with Crippen LogP contribution in [0.5, 0.6) is 0 Å². The lowest BCUT2D eigenvalue weighted by atomic mass is 10.2. The number of imidazole rings is 1. The van der Waals surface area contributed by atoms with Gasteiger partial charge in [0.25, 0.3) is 5.56 Å². The van der Waals surface area contributed by atoms with E-state index in [0.717, 1.165) is 42.2 Å². The van der Waals surface area contributed by atoms with E-state index in [1.165, 1.54) is 4.57 Å². The smallest absolute Gasteiger partial charge is 0.333 e. The molecule has 0 radical (unpaired) electrons. The van der Waals surface area contributed by atoms with Gasteiger partial charge in [0, 0.05) is 12.1 Å². The Balaban J connectivity index is 1.85. The zero-order valence-electron chi connectivity index (χ0n) is 18.1. The molecule has 0 bridgehead atoms. The molecular formula is C23H29N5O3. The van der Waals surface area contributed by atoms with Gasteiger partial charge in [-0.3, -0.25) is 14.2 Å². The van der Waals surface area contributed by atoms with Crippen LogP contribution in [0.1, 0.15) is 57.6 Å². The van der Waals surface area contributed by atoms with E-state index in [1.54, 1.807) is 6.33 Å². The largest absolute Gasteiger partial charge is 0.352 e. The molecule has 0 spiro atoms. The topological polar surface area (TPSA) is 90.9 Å². The van der Waals surface area contributed by atoms with Crippen LogP contribution in [0.25, 0.3) is 11.2 Å². The molecule has 1 aliphatic carbocycles. The van der Waals surface area contributed by atoms with Crippen LogP contribution in [0.2, 0.25) is 0 Å². The first-order chi connectivity index (χ1) is 15.0. The predicted molar refractivity (Wildman–Crippen MR) is 119 cm³/mol. The molecule has 2 heterocycles. The van der Waals surface area contributed by atoms with Gasteiger partial charge in [0.05, 0.1) is 12.9 Å². The Morgan fingerprint density at radius 3 is 2.55 bits per heavy atom. The summed E-state index contributed by atoms with van der Waals surface area (Å²) in [4.78, 5) is 43.7. The fourth-order valence-corrected chi connectivity index (χ4v) is 4.28. The maximum atomic E-state index is 13.4. The monoisotopic (exact) mass is 423 g/mol. The van der Waals surface area contributed by atoms with E-state index in [4.69, 9.17) is 0 Å². The van der Waals surface area contributed by atoms with Crippen molar-refractivity contribution in [2.75, 3.05) is 0 Å². The molecule has 0 aliphatic heterocycles. The number of carbonyl (C=O) groups is 1. The molecule has 0 saturated heterocycles. The van der Waals surface area contributed by atoms with Gasteiger partial charge in [-0.2, -0.15) is 0 Å². The molecule has 8 heteroatoms. The molecule has 31 heavy (non-hydrogen) atoms. The van der Waals surface area contributed by atoms with E-state index in [0.29, 0.717) is 11.2 Å². The van der Waals surface area contributed by atoms with Crippen molar-refractivity contribution in [3.63, 3.8) is 0 Å². The zero-order chi connectivity index (χ0) is 22.0. The molecule has 1 aromatic carbocycles. The summed E-state index contributed by atoms with van der Waals surface area (Å²) in [5.74, 6) is -0.342. The molecule has 0 unspecified atom stereocenters. The standard InChI is InChI=1S/C23H29N5O3/c1-3-16(2)25-19(29)14-27-22(30)20-21(24-15-28(20)18-11-7-8-12-18)26(23(27)31)13-17-9-5-4-6-10-17/h4-6,9-10,15-16,18H,3,7-8,11-14H2,1-2H3,(H,25,29)/t16-/m1/s1. The zero-order valence-corrected chi connectivity index (χ0v) is 18.1. The highest BCUT2D eigenvalue weighted by molar-refractivity contribution is 5.77. The summed E-state index contributed by atoms with van der Waals surface area (Å²) in [7, 11) is 0. The molecule has 4 rings (SSSR count). The summed E-state index contributed by atoms with van der Waals surface area (Å²) in [5.41, 5.74) is 0.740. The second kappa shape index (κ2) is 8.91. The van der Waals surface area contributed by atoms with Crippen molar-refractivity contribution < 1.29 is 4.79 Å². The summed E-state index contributed by atoms with van der Waals surface area (Å²) in [6, 6.07) is 9.75. The van der Waals surface area contributed by atoms with Gasteiger partial charge in [-0.15, -0.1) is 0 Å². The molecule has 1 amide bonds. The Morgan fingerprint density at radius 1 is 1.16 bits per heavy atom. The molecule has 8 nitrogen and oxygen atoms in total. The fraction of sp³-hybridized carbons (Fsp3) is 0.478. The van der Waals surface area contributed by atoms with Crippen LogP contribution in [0.4, 0.5) is 0 Å². The van der Waals surface area contributed by atoms with E-state index in [-0.39, 0.29) is 31.1 Å². The summed E-state index contributed by atoms with van der Waals surface area (Å²) in [6.45, 7) is 3.84. The average molecular weight is 424 g/mol. The van der Waals surface area contributed by atoms with E-state index in [2.05, 4.69) is 10.3 Å². The highest BCUT2D eigenvalue weighted by Gasteiger charge is 2.25. The van der Waals surface area contributed by atoms with Crippen LogP contribution in [0.3, 0.4) is 0 Å². The number of fused-ring (bicyclic) bond motifs is 1. The highest BCUT2D eigenvalue weighted by Crippen LogP contribution is 2.31. The quantitative estimate of drug-likeness (QED) is 0.632. The van der Waals surface area contributed by atoms with Crippen LogP contribution < -0.4 is 16.6 Å². The molecule has 1 N–H and O–H groups in total. The Labute approximate surface area is 180 Å². The minimum Gasteiger partial charge on any atom is -0.352 e. The Kier molecular flexibility index (Phi) is 6.06. The number of aromatic nitrogens is 4. The first-order valence-electron chi connectivity index (χ1n) is 11.0. The lowest BCUT2D eigenvalue weighted by Gasteiger charge is -2.16. The number of carbonyl (C=O) groups excluding carboxylic acids is 1. The van der Waals surface area contributed by atoms with Crippen molar-refractivity contribution in [3.05, 3.63) is 63.1 Å². The van der Waals surface area contributed by atoms with Gasteiger partial charge < -0.3 is 9.88 Å². The van der Waals surface area contributed by atoms with E-state index in [9.17, 15) is 14.4 Å². The third-order valence-electron chi connectivity index (χ3n) is 6.16. The van der Waals surface area contributed by atoms with Crippen LogP contribution in [0, 0.1) is 0 Å². The number of rotatable bonds is 7. The van der Waals surface area contributed by atoms with E-state index < -0.39 is 11.2 Å².